The van der Waals surface area contributed by atoms with Gasteiger partial charge in [0.1, 0.15) is 6.61 Å². The average molecular weight is 222 g/mol. The van der Waals surface area contributed by atoms with Crippen LogP contribution in [0.2, 0.25) is 0 Å². The van der Waals surface area contributed by atoms with Gasteiger partial charge in [0.25, 0.3) is 0 Å². The van der Waals surface area contributed by atoms with Crippen LogP contribution in [0.3, 0.4) is 0 Å². The molecule has 0 bridgehead atoms. The number of esters is 1. The van der Waals surface area contributed by atoms with E-state index in [4.69, 9.17) is 4.74 Å². The minimum absolute atomic E-state index is 0.238. The summed E-state index contributed by atoms with van der Waals surface area (Å²) < 4.78 is 5.01. The predicted octanol–water partition coefficient (Wildman–Crippen LogP) is 3.80. The third-order valence-corrected chi connectivity index (χ3v) is 2.13. The monoisotopic (exact) mass is 222 g/mol. The fourth-order valence-corrected chi connectivity index (χ4v) is 1.02. The molecule has 0 N–H and O–H groups in total. The molecule has 0 aromatic carbocycles. The van der Waals surface area contributed by atoms with Crippen LogP contribution < -0.4 is 0 Å². The lowest BCUT2D eigenvalue weighted by Crippen LogP contribution is -2.05. The molecule has 0 rings (SSSR count). The average Bonchev–Trinajstić information content (AvgIpc) is 2.31. The minimum atomic E-state index is -0.238. The van der Waals surface area contributed by atoms with Gasteiger partial charge < -0.3 is 4.74 Å². The van der Waals surface area contributed by atoms with Crippen LogP contribution in [0, 0.1) is 0 Å². The number of rotatable bonds is 7. The Bertz CT molecular complexity index is 272. The summed E-state index contributed by atoms with van der Waals surface area (Å²) >= 11 is 0. The minimum Gasteiger partial charge on any atom is -0.458 e. The molecule has 0 unspecified atom stereocenters. The number of carbonyl (C=O) groups is 1. The predicted molar refractivity (Wildman–Crippen MR) is 68.2 cm³/mol. The molecule has 16 heavy (non-hydrogen) atoms. The molecular weight excluding hydrogens is 200 g/mol. The molecule has 0 atom stereocenters. The number of hydrogen-bond donors (Lipinski definition) is 0. The van der Waals surface area contributed by atoms with E-state index in [0.717, 1.165) is 19.3 Å². The van der Waals surface area contributed by atoms with E-state index in [0.29, 0.717) is 12.2 Å². The van der Waals surface area contributed by atoms with Gasteiger partial charge in [-0.25, -0.2) is 4.79 Å². The first-order chi connectivity index (χ1) is 7.72. The lowest BCUT2D eigenvalue weighted by atomic mass is 10.2. The number of allylic oxidation sites excluding steroid dienone is 4. The first-order valence-corrected chi connectivity index (χ1v) is 5.82. The van der Waals surface area contributed by atoms with Gasteiger partial charge in [-0.15, -0.1) is 0 Å². The smallest absolute Gasteiger partial charge is 0.333 e. The molecule has 0 aliphatic carbocycles. The highest BCUT2D eigenvalue weighted by molar-refractivity contribution is 5.87. The Kier molecular flexibility index (Phi) is 9.38. The Hall–Kier alpha value is -1.31. The standard InChI is InChI=1S/C14H22O2/c1-4-6-7-8-9-10-11-12-16-14(15)13(3)5-2/h5-7,10-11H,4,8-9,12H2,1-3H3/b7-6-,11-10+,13-5-. The third kappa shape index (κ3) is 8.04. The van der Waals surface area contributed by atoms with Gasteiger partial charge in [-0.1, -0.05) is 37.3 Å². The van der Waals surface area contributed by atoms with Crippen molar-refractivity contribution >= 4 is 5.97 Å². The highest BCUT2D eigenvalue weighted by Crippen LogP contribution is 1.97. The summed E-state index contributed by atoms with van der Waals surface area (Å²) in [5.74, 6) is -0.238. The molecular formula is C14H22O2. The van der Waals surface area contributed by atoms with Gasteiger partial charge in [-0.05, 0) is 33.1 Å². The van der Waals surface area contributed by atoms with Crippen LogP contribution in [0.5, 0.6) is 0 Å². The molecule has 90 valence electrons. The fourth-order valence-electron chi connectivity index (χ4n) is 1.02. The second kappa shape index (κ2) is 10.2. The Morgan fingerprint density at radius 1 is 1.12 bits per heavy atom. The van der Waals surface area contributed by atoms with E-state index >= 15 is 0 Å². The molecule has 0 saturated carbocycles. The largest absolute Gasteiger partial charge is 0.458 e. The molecule has 0 aromatic heterocycles. The van der Waals surface area contributed by atoms with Crippen LogP contribution in [0.1, 0.15) is 40.0 Å². The quantitative estimate of drug-likeness (QED) is 0.283. The Labute approximate surface area is 98.7 Å². The fraction of sp³-hybridized carbons (Fsp3) is 0.500. The summed E-state index contributed by atoms with van der Waals surface area (Å²) in [5.41, 5.74) is 0.652. The van der Waals surface area contributed by atoms with Crippen LogP contribution in [0.15, 0.2) is 36.0 Å². The molecule has 2 heteroatoms. The van der Waals surface area contributed by atoms with Crippen molar-refractivity contribution in [3.8, 4) is 0 Å². The van der Waals surface area contributed by atoms with Crippen molar-refractivity contribution in [2.75, 3.05) is 6.61 Å². The Morgan fingerprint density at radius 2 is 1.75 bits per heavy atom. The highest BCUT2D eigenvalue weighted by atomic mass is 16.5. The number of carbonyl (C=O) groups excluding carboxylic acids is 1. The summed E-state index contributed by atoms with van der Waals surface area (Å²) in [6.07, 6.45) is 13.1. The van der Waals surface area contributed by atoms with Crippen LogP contribution in [-0.4, -0.2) is 12.6 Å². The van der Waals surface area contributed by atoms with Gasteiger partial charge in [0.2, 0.25) is 0 Å². The van der Waals surface area contributed by atoms with Crippen molar-refractivity contribution in [2.24, 2.45) is 0 Å². The summed E-state index contributed by atoms with van der Waals surface area (Å²) in [7, 11) is 0. The Morgan fingerprint density at radius 3 is 2.31 bits per heavy atom. The molecule has 0 heterocycles. The van der Waals surface area contributed by atoms with Gasteiger partial charge in [-0.2, -0.15) is 0 Å². The van der Waals surface area contributed by atoms with Gasteiger partial charge in [0, 0.05) is 5.57 Å². The van der Waals surface area contributed by atoms with Crippen LogP contribution >= 0.6 is 0 Å². The van der Waals surface area contributed by atoms with E-state index in [1.165, 1.54) is 0 Å². The van der Waals surface area contributed by atoms with Crippen LogP contribution in [0.25, 0.3) is 0 Å². The molecule has 0 radical (unpaired) electrons. The zero-order chi connectivity index (χ0) is 12.2. The first kappa shape index (κ1) is 14.7. The van der Waals surface area contributed by atoms with Gasteiger partial charge in [-0.3, -0.25) is 0 Å². The van der Waals surface area contributed by atoms with Crippen LogP contribution in [0.4, 0.5) is 0 Å². The summed E-state index contributed by atoms with van der Waals surface area (Å²) in [5, 5.41) is 0. The molecule has 0 aliphatic heterocycles. The normalized spacial score (nSPS) is 12.6. The molecule has 0 fully saturated rings. The van der Waals surface area contributed by atoms with E-state index in [1.807, 2.05) is 19.1 Å². The lowest BCUT2D eigenvalue weighted by molar-refractivity contribution is -0.137. The van der Waals surface area contributed by atoms with Crippen molar-refractivity contribution in [2.45, 2.75) is 40.0 Å². The first-order valence-electron chi connectivity index (χ1n) is 5.82. The van der Waals surface area contributed by atoms with E-state index in [1.54, 1.807) is 13.0 Å². The SMILES string of the molecule is C/C=C(/C)C(=O)OC/C=C/CC/C=C\CC. The van der Waals surface area contributed by atoms with E-state index < -0.39 is 0 Å². The lowest BCUT2D eigenvalue weighted by Gasteiger charge is -2.00. The number of hydrogen-bond acceptors (Lipinski definition) is 2. The van der Waals surface area contributed by atoms with E-state index in [-0.39, 0.29) is 5.97 Å². The van der Waals surface area contributed by atoms with Crippen molar-refractivity contribution < 1.29 is 9.53 Å². The topological polar surface area (TPSA) is 26.3 Å². The number of unbranched alkanes of at least 4 members (excludes halogenated alkanes) is 1. The molecule has 0 spiro atoms. The van der Waals surface area contributed by atoms with E-state index in [2.05, 4.69) is 19.1 Å². The van der Waals surface area contributed by atoms with Crippen LogP contribution in [-0.2, 0) is 9.53 Å². The third-order valence-electron chi connectivity index (χ3n) is 2.13. The van der Waals surface area contributed by atoms with Gasteiger partial charge in [0.15, 0.2) is 0 Å². The summed E-state index contributed by atoms with van der Waals surface area (Å²) in [6, 6.07) is 0. The molecule has 0 saturated heterocycles. The molecule has 0 aliphatic rings. The van der Waals surface area contributed by atoms with E-state index in [9.17, 15) is 4.79 Å². The second-order valence-corrected chi connectivity index (χ2v) is 3.50. The molecule has 0 aromatic rings. The van der Waals surface area contributed by atoms with Gasteiger partial charge in [0.05, 0.1) is 0 Å². The highest BCUT2D eigenvalue weighted by Gasteiger charge is 2.01. The van der Waals surface area contributed by atoms with Crippen molar-refractivity contribution in [3.63, 3.8) is 0 Å². The van der Waals surface area contributed by atoms with Crippen molar-refractivity contribution in [1.82, 2.24) is 0 Å². The van der Waals surface area contributed by atoms with Crippen molar-refractivity contribution in [1.29, 1.82) is 0 Å². The molecule has 0 amide bonds. The zero-order valence-electron chi connectivity index (χ0n) is 10.5. The zero-order valence-corrected chi connectivity index (χ0v) is 10.5. The molecule has 2 nitrogen and oxygen atoms in total. The maximum atomic E-state index is 11.2. The summed E-state index contributed by atoms with van der Waals surface area (Å²) in [4.78, 5) is 11.2. The van der Waals surface area contributed by atoms with Crippen molar-refractivity contribution in [3.05, 3.63) is 36.0 Å². The maximum absolute atomic E-state index is 11.2. The van der Waals surface area contributed by atoms with Gasteiger partial charge >= 0.3 is 5.97 Å². The maximum Gasteiger partial charge on any atom is 0.333 e. The number of ether oxygens (including phenoxy) is 1. The summed E-state index contributed by atoms with van der Waals surface area (Å²) in [6.45, 7) is 6.06. The Balaban J connectivity index is 3.55. The second-order valence-electron chi connectivity index (χ2n) is 3.50.